The van der Waals surface area contributed by atoms with Crippen LogP contribution in [0.3, 0.4) is 0 Å². The Morgan fingerprint density at radius 1 is 1.58 bits per heavy atom. The maximum absolute atomic E-state index is 12.6. The quantitative estimate of drug-likeness (QED) is 0.814. The van der Waals surface area contributed by atoms with Gasteiger partial charge in [0.05, 0.1) is 19.8 Å². The maximum Gasteiger partial charge on any atom is 0.263 e. The fourth-order valence-electron chi connectivity index (χ4n) is 2.22. The summed E-state index contributed by atoms with van der Waals surface area (Å²) in [5.41, 5.74) is 0.906. The number of H-pyrrole nitrogens is 1. The van der Waals surface area contributed by atoms with Gasteiger partial charge in [0.2, 0.25) is 0 Å². The third kappa shape index (κ3) is 2.53. The number of aryl methyl sites for hydroxylation is 1. The van der Waals surface area contributed by atoms with Crippen LogP contribution in [0.25, 0.3) is 0 Å². The predicted molar refractivity (Wildman–Crippen MR) is 68.0 cm³/mol. The second kappa shape index (κ2) is 5.58. The molecule has 2 rings (SSSR count). The van der Waals surface area contributed by atoms with Crippen LogP contribution in [0.15, 0.2) is 5.03 Å². The number of aliphatic hydroxyl groups is 1. The van der Waals surface area contributed by atoms with Crippen molar-refractivity contribution in [3.05, 3.63) is 11.3 Å². The van der Waals surface area contributed by atoms with Crippen LogP contribution in [-0.4, -0.2) is 53.8 Å². The smallest absolute Gasteiger partial charge is 0.263 e. The molecule has 1 atom stereocenters. The first-order valence-corrected chi connectivity index (χ1v) is 7.70. The Morgan fingerprint density at radius 3 is 2.95 bits per heavy atom. The lowest BCUT2D eigenvalue weighted by Crippen LogP contribution is -2.48. The summed E-state index contributed by atoms with van der Waals surface area (Å²) in [7, 11) is -3.69. The molecule has 0 saturated carbocycles. The van der Waals surface area contributed by atoms with Crippen molar-refractivity contribution < 1.29 is 18.3 Å². The van der Waals surface area contributed by atoms with E-state index in [2.05, 4.69) is 10.2 Å². The van der Waals surface area contributed by atoms with E-state index in [1.807, 2.05) is 6.92 Å². The van der Waals surface area contributed by atoms with E-state index in [-0.39, 0.29) is 17.7 Å². The molecule has 8 heteroatoms. The molecule has 1 aliphatic rings. The summed E-state index contributed by atoms with van der Waals surface area (Å²) < 4.78 is 32.0. The van der Waals surface area contributed by atoms with Gasteiger partial charge in [0.1, 0.15) is 0 Å². The monoisotopic (exact) mass is 289 g/mol. The number of aromatic nitrogens is 2. The summed E-state index contributed by atoms with van der Waals surface area (Å²) in [4.78, 5) is 0. The van der Waals surface area contributed by atoms with E-state index in [9.17, 15) is 13.5 Å². The van der Waals surface area contributed by atoms with E-state index in [0.29, 0.717) is 37.4 Å². The molecule has 1 aliphatic heterocycles. The second-order valence-electron chi connectivity index (χ2n) is 4.54. The van der Waals surface area contributed by atoms with E-state index >= 15 is 0 Å². The topological polar surface area (TPSA) is 95.5 Å². The highest BCUT2D eigenvalue weighted by atomic mass is 32.2. The SMILES string of the molecule is CCC1COCCN1S(=O)(=O)c1n[nH]c(C)c1CO. The highest BCUT2D eigenvalue weighted by molar-refractivity contribution is 7.89. The van der Waals surface area contributed by atoms with Crippen molar-refractivity contribution >= 4 is 10.0 Å². The number of aromatic amines is 1. The first-order valence-electron chi connectivity index (χ1n) is 6.26. The molecule has 2 N–H and O–H groups in total. The van der Waals surface area contributed by atoms with Crippen LogP contribution < -0.4 is 0 Å². The van der Waals surface area contributed by atoms with Gasteiger partial charge < -0.3 is 9.84 Å². The van der Waals surface area contributed by atoms with Crippen molar-refractivity contribution in [1.29, 1.82) is 0 Å². The van der Waals surface area contributed by atoms with Gasteiger partial charge in [-0.25, -0.2) is 8.42 Å². The van der Waals surface area contributed by atoms with Crippen LogP contribution in [0.4, 0.5) is 0 Å². The molecule has 0 spiro atoms. The van der Waals surface area contributed by atoms with Gasteiger partial charge in [-0.2, -0.15) is 9.40 Å². The van der Waals surface area contributed by atoms with Crippen LogP contribution in [0, 0.1) is 6.92 Å². The highest BCUT2D eigenvalue weighted by Crippen LogP contribution is 2.24. The molecule has 0 aromatic carbocycles. The highest BCUT2D eigenvalue weighted by Gasteiger charge is 2.36. The maximum atomic E-state index is 12.6. The Labute approximate surface area is 112 Å². The lowest BCUT2D eigenvalue weighted by atomic mass is 10.2. The molecule has 2 heterocycles. The minimum Gasteiger partial charge on any atom is -0.392 e. The molecular weight excluding hydrogens is 270 g/mol. The van der Waals surface area contributed by atoms with Gasteiger partial charge in [0, 0.05) is 23.8 Å². The number of nitrogens with zero attached hydrogens (tertiary/aromatic N) is 2. The Balaban J connectivity index is 2.40. The van der Waals surface area contributed by atoms with Gasteiger partial charge in [0.15, 0.2) is 5.03 Å². The number of hydrogen-bond acceptors (Lipinski definition) is 5. The fraction of sp³-hybridized carbons (Fsp3) is 0.727. The van der Waals surface area contributed by atoms with Crippen molar-refractivity contribution in [2.45, 2.75) is 37.9 Å². The van der Waals surface area contributed by atoms with Gasteiger partial charge >= 0.3 is 0 Å². The number of morpholine rings is 1. The summed E-state index contributed by atoms with van der Waals surface area (Å²) >= 11 is 0. The third-order valence-corrected chi connectivity index (χ3v) is 5.32. The summed E-state index contributed by atoms with van der Waals surface area (Å²) in [5.74, 6) is 0. The van der Waals surface area contributed by atoms with Crippen LogP contribution in [0.1, 0.15) is 24.6 Å². The van der Waals surface area contributed by atoms with Gasteiger partial charge in [0.25, 0.3) is 10.0 Å². The van der Waals surface area contributed by atoms with Gasteiger partial charge in [-0.05, 0) is 13.3 Å². The van der Waals surface area contributed by atoms with E-state index in [4.69, 9.17) is 4.74 Å². The van der Waals surface area contributed by atoms with Gasteiger partial charge in [-0.1, -0.05) is 6.92 Å². The summed E-state index contributed by atoms with van der Waals surface area (Å²) in [6.07, 6.45) is 0.678. The molecule has 1 saturated heterocycles. The van der Waals surface area contributed by atoms with E-state index in [1.54, 1.807) is 6.92 Å². The zero-order valence-electron chi connectivity index (χ0n) is 11.1. The minimum atomic E-state index is -3.69. The molecular formula is C11H19N3O4S. The lowest BCUT2D eigenvalue weighted by molar-refractivity contribution is 0.0312. The molecule has 1 unspecified atom stereocenters. The predicted octanol–water partition coefficient (Wildman–Crippen LogP) is 0.00992. The molecule has 0 aliphatic carbocycles. The lowest BCUT2D eigenvalue weighted by Gasteiger charge is -2.33. The number of hydrogen-bond donors (Lipinski definition) is 2. The standard InChI is InChI=1S/C11H19N3O4S/c1-3-9-7-18-5-4-14(9)19(16,17)11-10(6-15)8(2)12-13-11/h9,15H,3-7H2,1-2H3,(H,12,13). The molecule has 1 aromatic rings. The number of aliphatic hydroxyl groups excluding tert-OH is 1. The van der Waals surface area contributed by atoms with Crippen molar-refractivity contribution in [3.8, 4) is 0 Å². The molecule has 0 bridgehead atoms. The van der Waals surface area contributed by atoms with Crippen LogP contribution in [-0.2, 0) is 21.4 Å². The van der Waals surface area contributed by atoms with Crippen molar-refractivity contribution in [1.82, 2.24) is 14.5 Å². The van der Waals surface area contributed by atoms with Crippen molar-refractivity contribution in [2.24, 2.45) is 0 Å². The van der Waals surface area contributed by atoms with E-state index in [1.165, 1.54) is 4.31 Å². The van der Waals surface area contributed by atoms with Crippen LogP contribution in [0.5, 0.6) is 0 Å². The molecule has 108 valence electrons. The molecule has 1 fully saturated rings. The van der Waals surface area contributed by atoms with Crippen molar-refractivity contribution in [2.75, 3.05) is 19.8 Å². The van der Waals surface area contributed by atoms with Gasteiger partial charge in [-0.3, -0.25) is 5.10 Å². The Kier molecular flexibility index (Phi) is 4.24. The minimum absolute atomic E-state index is 0.0761. The largest absolute Gasteiger partial charge is 0.392 e. The Bertz CT molecular complexity index is 540. The summed E-state index contributed by atoms with van der Waals surface area (Å²) in [6.45, 7) is 4.36. The average molecular weight is 289 g/mol. The Hall–Kier alpha value is -0.960. The average Bonchev–Trinajstić information content (AvgIpc) is 2.80. The number of ether oxygens (including phenoxy) is 1. The number of rotatable bonds is 4. The van der Waals surface area contributed by atoms with Crippen molar-refractivity contribution in [3.63, 3.8) is 0 Å². The zero-order chi connectivity index (χ0) is 14.0. The first-order chi connectivity index (χ1) is 9.02. The molecule has 7 nitrogen and oxygen atoms in total. The summed E-state index contributed by atoms with van der Waals surface area (Å²) in [5, 5.41) is 15.7. The van der Waals surface area contributed by atoms with E-state index < -0.39 is 10.0 Å². The normalized spacial score (nSPS) is 21.7. The zero-order valence-corrected chi connectivity index (χ0v) is 11.9. The molecule has 1 aromatic heterocycles. The Morgan fingerprint density at radius 2 is 2.32 bits per heavy atom. The molecule has 0 radical (unpaired) electrons. The second-order valence-corrected chi connectivity index (χ2v) is 6.35. The molecule has 19 heavy (non-hydrogen) atoms. The van der Waals surface area contributed by atoms with Crippen LogP contribution in [0.2, 0.25) is 0 Å². The molecule has 0 amide bonds. The van der Waals surface area contributed by atoms with Crippen LogP contribution >= 0.6 is 0 Å². The number of nitrogens with one attached hydrogen (secondary N) is 1. The van der Waals surface area contributed by atoms with E-state index in [0.717, 1.165) is 0 Å². The third-order valence-electron chi connectivity index (χ3n) is 3.39. The summed E-state index contributed by atoms with van der Waals surface area (Å²) in [6, 6.07) is -0.178. The number of sulfonamides is 1. The fourth-order valence-corrected chi connectivity index (χ4v) is 4.05. The first kappa shape index (κ1) is 14.4. The van der Waals surface area contributed by atoms with Gasteiger partial charge in [-0.15, -0.1) is 0 Å².